The van der Waals surface area contributed by atoms with Gasteiger partial charge < -0.3 is 14.8 Å². The van der Waals surface area contributed by atoms with Crippen molar-refractivity contribution in [1.82, 2.24) is 15.0 Å². The van der Waals surface area contributed by atoms with Gasteiger partial charge in [0.25, 0.3) is 0 Å². The highest BCUT2D eigenvalue weighted by Gasteiger charge is 2.36. The zero-order valence-electron chi connectivity index (χ0n) is 12.1. The summed E-state index contributed by atoms with van der Waals surface area (Å²) < 4.78 is 49.3. The minimum Gasteiger partial charge on any atom is -0.493 e. The van der Waals surface area contributed by atoms with Gasteiger partial charge in [-0.05, 0) is 18.9 Å². The second-order valence-electron chi connectivity index (χ2n) is 4.93. The van der Waals surface area contributed by atoms with E-state index >= 15 is 0 Å². The number of anilines is 2. The van der Waals surface area contributed by atoms with Crippen LogP contribution in [0.3, 0.4) is 0 Å². The number of pyridine rings is 1. The predicted octanol–water partition coefficient (Wildman–Crippen LogP) is 3.18. The van der Waals surface area contributed by atoms with E-state index < -0.39 is 12.0 Å². The topological polar surface area (TPSA) is 69.2 Å². The summed E-state index contributed by atoms with van der Waals surface area (Å²) in [6, 6.07) is 2.89. The van der Waals surface area contributed by atoms with Crippen molar-refractivity contribution in [2.75, 3.05) is 12.4 Å². The maximum atomic E-state index is 12.9. The molecule has 0 atom stereocenters. The van der Waals surface area contributed by atoms with Gasteiger partial charge >= 0.3 is 6.18 Å². The Labute approximate surface area is 129 Å². The van der Waals surface area contributed by atoms with Gasteiger partial charge in [0.05, 0.1) is 19.0 Å². The average molecular weight is 326 g/mol. The fourth-order valence-corrected chi connectivity index (χ4v) is 1.82. The second-order valence-corrected chi connectivity index (χ2v) is 4.93. The van der Waals surface area contributed by atoms with Gasteiger partial charge in [0.15, 0.2) is 5.75 Å². The highest BCUT2D eigenvalue weighted by Crippen LogP contribution is 2.33. The van der Waals surface area contributed by atoms with Crippen LogP contribution in [0.2, 0.25) is 0 Å². The van der Waals surface area contributed by atoms with Crippen LogP contribution in [-0.2, 0) is 6.18 Å². The Balaban J connectivity index is 1.93. The summed E-state index contributed by atoms with van der Waals surface area (Å²) in [6.45, 7) is 0. The summed E-state index contributed by atoms with van der Waals surface area (Å²) >= 11 is 0. The molecule has 1 fully saturated rings. The van der Waals surface area contributed by atoms with Crippen molar-refractivity contribution >= 4 is 11.5 Å². The summed E-state index contributed by atoms with van der Waals surface area (Å²) in [7, 11) is 1.44. The molecular formula is C14H13F3N4O2. The van der Waals surface area contributed by atoms with Gasteiger partial charge in [0.2, 0.25) is 11.7 Å². The number of methoxy groups -OCH3 is 1. The first-order valence-electron chi connectivity index (χ1n) is 6.83. The molecule has 1 aliphatic rings. The van der Waals surface area contributed by atoms with Crippen LogP contribution < -0.4 is 14.8 Å². The van der Waals surface area contributed by atoms with Gasteiger partial charge in [-0.25, -0.2) is 4.98 Å². The average Bonchev–Trinajstić information content (AvgIpc) is 3.30. The molecule has 1 N–H and O–H groups in total. The molecule has 0 aromatic carbocycles. The third-order valence-electron chi connectivity index (χ3n) is 3.04. The van der Waals surface area contributed by atoms with Crippen LogP contribution in [0.25, 0.3) is 0 Å². The van der Waals surface area contributed by atoms with E-state index in [0.29, 0.717) is 11.4 Å². The van der Waals surface area contributed by atoms with Gasteiger partial charge in [-0.1, -0.05) is 0 Å². The number of aromatic nitrogens is 3. The zero-order chi connectivity index (χ0) is 16.4. The lowest BCUT2D eigenvalue weighted by Gasteiger charge is -2.13. The van der Waals surface area contributed by atoms with Crippen molar-refractivity contribution in [2.24, 2.45) is 0 Å². The van der Waals surface area contributed by atoms with Crippen molar-refractivity contribution in [3.8, 4) is 11.6 Å². The minimum atomic E-state index is -4.66. The van der Waals surface area contributed by atoms with Gasteiger partial charge in [0, 0.05) is 12.3 Å². The standard InChI is InChI=1S/C14H13F3N4O2/c1-22-10-7-18-5-4-9(10)19-11-6-12(23-8-2-3-8)21-13(20-11)14(15,16)17/h4-8H,2-3H2,1H3,(H,18,19,20,21). The van der Waals surface area contributed by atoms with E-state index in [1.165, 1.54) is 25.6 Å². The van der Waals surface area contributed by atoms with E-state index in [1.54, 1.807) is 6.07 Å². The molecule has 3 rings (SSSR count). The molecule has 0 spiro atoms. The number of alkyl halides is 3. The van der Waals surface area contributed by atoms with Crippen LogP contribution in [0.4, 0.5) is 24.7 Å². The molecule has 1 aliphatic carbocycles. The molecule has 0 saturated heterocycles. The lowest BCUT2D eigenvalue weighted by molar-refractivity contribution is -0.145. The number of nitrogens with one attached hydrogen (secondary N) is 1. The van der Waals surface area contributed by atoms with E-state index in [-0.39, 0.29) is 17.8 Å². The normalized spacial score (nSPS) is 14.4. The Morgan fingerprint density at radius 2 is 2.04 bits per heavy atom. The van der Waals surface area contributed by atoms with E-state index in [4.69, 9.17) is 9.47 Å². The van der Waals surface area contributed by atoms with E-state index in [0.717, 1.165) is 12.8 Å². The maximum Gasteiger partial charge on any atom is 0.451 e. The number of nitrogens with zero attached hydrogens (tertiary/aromatic N) is 3. The molecule has 23 heavy (non-hydrogen) atoms. The zero-order valence-corrected chi connectivity index (χ0v) is 12.1. The molecule has 2 aromatic heterocycles. The third kappa shape index (κ3) is 3.79. The Morgan fingerprint density at radius 1 is 1.26 bits per heavy atom. The van der Waals surface area contributed by atoms with Crippen LogP contribution in [0.1, 0.15) is 18.7 Å². The molecular weight excluding hydrogens is 313 g/mol. The molecule has 122 valence electrons. The Bertz CT molecular complexity index is 705. The van der Waals surface area contributed by atoms with Crippen LogP contribution in [0, 0.1) is 0 Å². The number of halogens is 3. The quantitative estimate of drug-likeness (QED) is 0.910. The Morgan fingerprint density at radius 3 is 2.70 bits per heavy atom. The summed E-state index contributed by atoms with van der Waals surface area (Å²) in [5, 5.41) is 2.77. The van der Waals surface area contributed by atoms with Crippen molar-refractivity contribution in [1.29, 1.82) is 0 Å². The molecule has 1 saturated carbocycles. The van der Waals surface area contributed by atoms with Gasteiger partial charge in [-0.3, -0.25) is 4.98 Å². The first-order valence-corrected chi connectivity index (χ1v) is 6.83. The second kappa shape index (κ2) is 5.90. The summed E-state index contributed by atoms with van der Waals surface area (Å²) in [5.41, 5.74) is 0.437. The fraction of sp³-hybridized carbons (Fsp3) is 0.357. The predicted molar refractivity (Wildman–Crippen MR) is 74.8 cm³/mol. The van der Waals surface area contributed by atoms with Crippen LogP contribution >= 0.6 is 0 Å². The van der Waals surface area contributed by atoms with Crippen LogP contribution in [-0.4, -0.2) is 28.2 Å². The van der Waals surface area contributed by atoms with Crippen LogP contribution in [0.5, 0.6) is 11.6 Å². The SMILES string of the molecule is COc1cnccc1Nc1cc(OC2CC2)nc(C(F)(F)F)n1. The van der Waals surface area contributed by atoms with E-state index in [9.17, 15) is 13.2 Å². The lowest BCUT2D eigenvalue weighted by Crippen LogP contribution is -2.14. The van der Waals surface area contributed by atoms with Gasteiger partial charge in [-0.2, -0.15) is 18.2 Å². The molecule has 0 amide bonds. The fourth-order valence-electron chi connectivity index (χ4n) is 1.82. The number of hydrogen-bond acceptors (Lipinski definition) is 6. The van der Waals surface area contributed by atoms with Crippen molar-refractivity contribution in [2.45, 2.75) is 25.1 Å². The molecule has 6 nitrogen and oxygen atoms in total. The molecule has 9 heteroatoms. The van der Waals surface area contributed by atoms with E-state index in [1.807, 2.05) is 0 Å². The molecule has 0 bridgehead atoms. The number of rotatable bonds is 5. The summed E-state index contributed by atoms with van der Waals surface area (Å²) in [6.07, 6.45) is -0.191. The van der Waals surface area contributed by atoms with Gasteiger partial charge in [0.1, 0.15) is 11.9 Å². The lowest BCUT2D eigenvalue weighted by atomic mass is 10.3. The summed E-state index contributed by atoms with van der Waals surface area (Å²) in [4.78, 5) is 10.8. The largest absolute Gasteiger partial charge is 0.493 e. The van der Waals surface area contributed by atoms with Crippen molar-refractivity contribution in [3.05, 3.63) is 30.4 Å². The molecule has 2 aromatic rings. The summed E-state index contributed by atoms with van der Waals surface area (Å²) in [5.74, 6) is -1.02. The maximum absolute atomic E-state index is 12.9. The number of ether oxygens (including phenoxy) is 2. The third-order valence-corrected chi connectivity index (χ3v) is 3.04. The smallest absolute Gasteiger partial charge is 0.451 e. The Hall–Kier alpha value is -2.58. The number of hydrogen-bond donors (Lipinski definition) is 1. The van der Waals surface area contributed by atoms with Crippen molar-refractivity contribution < 1.29 is 22.6 Å². The van der Waals surface area contributed by atoms with Gasteiger partial charge in [-0.15, -0.1) is 0 Å². The highest BCUT2D eigenvalue weighted by atomic mass is 19.4. The molecule has 0 unspecified atom stereocenters. The highest BCUT2D eigenvalue weighted by molar-refractivity contribution is 5.63. The molecule has 0 radical (unpaired) electrons. The molecule has 0 aliphatic heterocycles. The first-order chi connectivity index (χ1) is 11.0. The molecule has 2 heterocycles. The van der Waals surface area contributed by atoms with E-state index in [2.05, 4.69) is 20.3 Å². The van der Waals surface area contributed by atoms with Crippen molar-refractivity contribution in [3.63, 3.8) is 0 Å². The first kappa shape index (κ1) is 15.3. The van der Waals surface area contributed by atoms with Crippen LogP contribution in [0.15, 0.2) is 24.5 Å². The minimum absolute atomic E-state index is 0.0347. The Kier molecular flexibility index (Phi) is 3.93. The monoisotopic (exact) mass is 326 g/mol.